The van der Waals surface area contributed by atoms with Gasteiger partial charge in [0.15, 0.2) is 0 Å². The number of nitriles is 1. The van der Waals surface area contributed by atoms with Crippen LogP contribution in [0.4, 0.5) is 0 Å². The zero-order valence-electron chi connectivity index (χ0n) is 10.8. The van der Waals surface area contributed by atoms with Crippen LogP contribution in [0, 0.1) is 11.3 Å². The van der Waals surface area contributed by atoms with Crippen molar-refractivity contribution in [3.8, 4) is 6.07 Å². The van der Waals surface area contributed by atoms with Crippen LogP contribution >= 0.6 is 11.3 Å². The zero-order chi connectivity index (χ0) is 13.0. The summed E-state index contributed by atoms with van der Waals surface area (Å²) in [6, 6.07) is 2.19. The number of thiazole rings is 1. The minimum absolute atomic E-state index is 0.419. The quantitative estimate of drug-likeness (QED) is 0.811. The highest BCUT2D eigenvalue weighted by Crippen LogP contribution is 2.20. The van der Waals surface area contributed by atoms with Crippen LogP contribution < -0.4 is 0 Å². The largest absolute Gasteiger partial charge is 0.378 e. The van der Waals surface area contributed by atoms with Gasteiger partial charge in [-0.25, -0.2) is 4.98 Å². The minimum Gasteiger partial charge on any atom is -0.378 e. The van der Waals surface area contributed by atoms with E-state index in [-0.39, 0.29) is 0 Å². The van der Waals surface area contributed by atoms with Crippen LogP contribution in [0.25, 0.3) is 0 Å². The second kappa shape index (κ2) is 6.25. The minimum atomic E-state index is 0.419. The van der Waals surface area contributed by atoms with Gasteiger partial charge in [0.2, 0.25) is 0 Å². The summed E-state index contributed by atoms with van der Waals surface area (Å²) in [5, 5.41) is 10.1. The van der Waals surface area contributed by atoms with Gasteiger partial charge in [0.05, 0.1) is 18.8 Å². The molecule has 0 bridgehead atoms. The van der Waals surface area contributed by atoms with E-state index in [0.717, 1.165) is 43.4 Å². The monoisotopic (exact) mass is 266 g/mol. The summed E-state index contributed by atoms with van der Waals surface area (Å²) >= 11 is 1.49. The second-order valence-corrected chi connectivity index (χ2v) is 5.59. The van der Waals surface area contributed by atoms with Crippen molar-refractivity contribution in [2.75, 3.05) is 40.3 Å². The number of methoxy groups -OCH3 is 1. The standard InChI is InChI=1S/C12H18N4OS/c1-15-3-5-16(6-4-15)8-12-14-10(9-17-2)11(7-13)18-12/h3-6,8-9H2,1-2H3. The molecule has 0 unspecified atom stereocenters. The van der Waals surface area contributed by atoms with Crippen LogP contribution in [0.15, 0.2) is 0 Å². The summed E-state index contributed by atoms with van der Waals surface area (Å²) in [4.78, 5) is 9.90. The molecule has 1 aromatic rings. The van der Waals surface area contributed by atoms with Gasteiger partial charge < -0.3 is 9.64 Å². The Morgan fingerprint density at radius 3 is 2.72 bits per heavy atom. The van der Waals surface area contributed by atoms with E-state index in [1.165, 1.54) is 11.3 Å². The Bertz CT molecular complexity index is 432. The smallest absolute Gasteiger partial charge is 0.130 e. The van der Waals surface area contributed by atoms with Gasteiger partial charge in [-0.15, -0.1) is 11.3 Å². The van der Waals surface area contributed by atoms with E-state index >= 15 is 0 Å². The molecule has 0 radical (unpaired) electrons. The molecule has 0 spiro atoms. The third kappa shape index (κ3) is 3.27. The van der Waals surface area contributed by atoms with Gasteiger partial charge >= 0.3 is 0 Å². The molecule has 0 amide bonds. The summed E-state index contributed by atoms with van der Waals surface area (Å²) in [5.74, 6) is 0. The van der Waals surface area contributed by atoms with Crippen molar-refractivity contribution in [2.45, 2.75) is 13.2 Å². The first-order valence-electron chi connectivity index (χ1n) is 6.01. The fourth-order valence-corrected chi connectivity index (χ4v) is 2.89. The molecule has 1 saturated heterocycles. The van der Waals surface area contributed by atoms with Crippen molar-refractivity contribution in [1.29, 1.82) is 5.26 Å². The molecule has 2 heterocycles. The molecule has 5 nitrogen and oxygen atoms in total. The first kappa shape index (κ1) is 13.4. The number of piperazine rings is 1. The molecular formula is C12H18N4OS. The summed E-state index contributed by atoms with van der Waals surface area (Å²) < 4.78 is 5.06. The van der Waals surface area contributed by atoms with Crippen molar-refractivity contribution in [3.05, 3.63) is 15.6 Å². The van der Waals surface area contributed by atoms with E-state index in [2.05, 4.69) is 27.9 Å². The van der Waals surface area contributed by atoms with E-state index in [1.54, 1.807) is 7.11 Å². The van der Waals surface area contributed by atoms with Crippen LogP contribution in [0.1, 0.15) is 15.6 Å². The normalized spacial score (nSPS) is 17.8. The molecule has 0 N–H and O–H groups in total. The lowest BCUT2D eigenvalue weighted by Crippen LogP contribution is -2.43. The maximum absolute atomic E-state index is 9.04. The van der Waals surface area contributed by atoms with Gasteiger partial charge in [0.1, 0.15) is 16.0 Å². The molecular weight excluding hydrogens is 248 g/mol. The Balaban J connectivity index is 1.99. The number of rotatable bonds is 4. The Hall–Kier alpha value is -1.00. The lowest BCUT2D eigenvalue weighted by molar-refractivity contribution is 0.147. The molecule has 0 aliphatic carbocycles. The lowest BCUT2D eigenvalue weighted by atomic mass is 10.3. The van der Waals surface area contributed by atoms with E-state index < -0.39 is 0 Å². The van der Waals surface area contributed by atoms with E-state index in [1.807, 2.05) is 0 Å². The van der Waals surface area contributed by atoms with Gasteiger partial charge in [-0.05, 0) is 7.05 Å². The maximum atomic E-state index is 9.04. The molecule has 2 rings (SSSR count). The molecule has 0 aromatic carbocycles. The highest BCUT2D eigenvalue weighted by molar-refractivity contribution is 7.12. The predicted octanol–water partition coefficient (Wildman–Crippen LogP) is 0.909. The Kier molecular flexibility index (Phi) is 4.66. The Morgan fingerprint density at radius 1 is 1.39 bits per heavy atom. The van der Waals surface area contributed by atoms with Crippen molar-refractivity contribution in [3.63, 3.8) is 0 Å². The van der Waals surface area contributed by atoms with E-state index in [9.17, 15) is 0 Å². The summed E-state index contributed by atoms with van der Waals surface area (Å²) in [6.45, 7) is 5.59. The lowest BCUT2D eigenvalue weighted by Gasteiger charge is -2.31. The Morgan fingerprint density at radius 2 is 2.11 bits per heavy atom. The number of hydrogen-bond acceptors (Lipinski definition) is 6. The molecule has 18 heavy (non-hydrogen) atoms. The van der Waals surface area contributed by atoms with Gasteiger partial charge in [-0.3, -0.25) is 4.90 Å². The molecule has 1 aromatic heterocycles. The number of likely N-dealkylation sites (N-methyl/N-ethyl adjacent to an activating group) is 1. The second-order valence-electron chi connectivity index (χ2n) is 4.51. The van der Waals surface area contributed by atoms with Crippen LogP contribution in [-0.2, 0) is 17.9 Å². The SMILES string of the molecule is COCc1nc(CN2CCN(C)CC2)sc1C#N. The topological polar surface area (TPSA) is 52.4 Å². The van der Waals surface area contributed by atoms with Crippen molar-refractivity contribution in [2.24, 2.45) is 0 Å². The fraction of sp³-hybridized carbons (Fsp3) is 0.667. The predicted molar refractivity (Wildman–Crippen MR) is 70.3 cm³/mol. The van der Waals surface area contributed by atoms with Crippen LogP contribution in [0.2, 0.25) is 0 Å². The molecule has 0 saturated carbocycles. The maximum Gasteiger partial charge on any atom is 0.130 e. The number of hydrogen-bond donors (Lipinski definition) is 0. The van der Waals surface area contributed by atoms with Gasteiger partial charge in [-0.1, -0.05) is 0 Å². The van der Waals surface area contributed by atoms with Crippen molar-refractivity contribution >= 4 is 11.3 Å². The summed E-state index contributed by atoms with van der Waals surface area (Å²) in [6.07, 6.45) is 0. The highest BCUT2D eigenvalue weighted by atomic mass is 32.1. The third-order valence-electron chi connectivity index (χ3n) is 3.08. The molecule has 1 aliphatic rings. The van der Waals surface area contributed by atoms with Crippen LogP contribution in [0.3, 0.4) is 0 Å². The van der Waals surface area contributed by atoms with Crippen molar-refractivity contribution in [1.82, 2.24) is 14.8 Å². The molecule has 6 heteroatoms. The van der Waals surface area contributed by atoms with E-state index in [4.69, 9.17) is 10.00 Å². The number of nitrogens with zero attached hydrogens (tertiary/aromatic N) is 4. The Labute approximate surface area is 112 Å². The number of ether oxygens (including phenoxy) is 1. The molecule has 98 valence electrons. The van der Waals surface area contributed by atoms with E-state index in [0.29, 0.717) is 11.5 Å². The summed E-state index contributed by atoms with van der Waals surface area (Å²) in [7, 11) is 3.77. The molecule has 0 atom stereocenters. The average molecular weight is 266 g/mol. The third-order valence-corrected chi connectivity index (χ3v) is 4.07. The fourth-order valence-electron chi connectivity index (χ4n) is 1.99. The van der Waals surface area contributed by atoms with Gasteiger partial charge in [0, 0.05) is 33.3 Å². The first-order valence-corrected chi connectivity index (χ1v) is 6.83. The van der Waals surface area contributed by atoms with Gasteiger partial charge in [-0.2, -0.15) is 5.26 Å². The molecule has 1 aliphatic heterocycles. The number of aromatic nitrogens is 1. The summed E-state index contributed by atoms with van der Waals surface area (Å²) in [5.41, 5.74) is 0.772. The van der Waals surface area contributed by atoms with Gasteiger partial charge in [0.25, 0.3) is 0 Å². The van der Waals surface area contributed by atoms with Crippen molar-refractivity contribution < 1.29 is 4.74 Å². The average Bonchev–Trinajstić information content (AvgIpc) is 2.75. The molecule has 1 fully saturated rings. The van der Waals surface area contributed by atoms with Crippen LogP contribution in [0.5, 0.6) is 0 Å². The van der Waals surface area contributed by atoms with Crippen LogP contribution in [-0.4, -0.2) is 55.1 Å². The zero-order valence-corrected chi connectivity index (χ0v) is 11.7. The first-order chi connectivity index (χ1) is 8.72. The highest BCUT2D eigenvalue weighted by Gasteiger charge is 2.17.